The van der Waals surface area contributed by atoms with Crippen molar-refractivity contribution < 1.29 is 14.7 Å². The minimum absolute atomic E-state index is 0.0993. The lowest BCUT2D eigenvalue weighted by molar-refractivity contribution is -0.141. The first-order valence-corrected chi connectivity index (χ1v) is 7.97. The second-order valence-electron chi connectivity index (χ2n) is 5.13. The van der Waals surface area contributed by atoms with Gasteiger partial charge < -0.3 is 10.0 Å². The van der Waals surface area contributed by atoms with E-state index < -0.39 is 12.0 Å². The quantitative estimate of drug-likeness (QED) is 0.925. The number of thioether (sulfide) groups is 1. The van der Waals surface area contributed by atoms with Crippen molar-refractivity contribution in [2.24, 2.45) is 0 Å². The predicted octanol–water partition coefficient (Wildman–Crippen LogP) is 2.13. The summed E-state index contributed by atoms with van der Waals surface area (Å²) in [6.07, 6.45) is 0.760. The maximum atomic E-state index is 12.5. The number of benzene rings is 1. The van der Waals surface area contributed by atoms with Gasteiger partial charge in [0.25, 0.3) is 0 Å². The maximum Gasteiger partial charge on any atom is 0.327 e. The van der Waals surface area contributed by atoms with Crippen LogP contribution in [0.15, 0.2) is 30.3 Å². The molecule has 5 nitrogen and oxygen atoms in total. The molecule has 0 saturated carbocycles. The van der Waals surface area contributed by atoms with Gasteiger partial charge in [-0.1, -0.05) is 30.3 Å². The summed E-state index contributed by atoms with van der Waals surface area (Å²) in [5.41, 5.74) is 1.16. The van der Waals surface area contributed by atoms with Gasteiger partial charge in [0.15, 0.2) is 0 Å². The molecule has 1 aliphatic rings. The number of hydrogen-bond donors (Lipinski definition) is 1. The Morgan fingerprint density at radius 2 is 2.05 bits per heavy atom. The van der Waals surface area contributed by atoms with E-state index in [-0.39, 0.29) is 11.4 Å². The van der Waals surface area contributed by atoms with Crippen LogP contribution in [0.25, 0.3) is 0 Å². The predicted molar refractivity (Wildman–Crippen MR) is 83.4 cm³/mol. The Labute approximate surface area is 128 Å². The first-order valence-electron chi connectivity index (χ1n) is 6.92. The average Bonchev–Trinajstić information content (AvgIpc) is 2.87. The normalized spacial score (nSPS) is 21.3. The van der Waals surface area contributed by atoms with E-state index in [1.54, 1.807) is 11.9 Å². The summed E-state index contributed by atoms with van der Waals surface area (Å²) < 4.78 is 0. The fourth-order valence-corrected chi connectivity index (χ4v) is 3.52. The molecule has 1 aromatic carbocycles. The second-order valence-corrected chi connectivity index (χ2v) is 6.48. The molecule has 2 unspecified atom stereocenters. The van der Waals surface area contributed by atoms with Crippen LogP contribution in [0.5, 0.6) is 0 Å². The zero-order chi connectivity index (χ0) is 15.4. The highest BCUT2D eigenvalue weighted by atomic mass is 32.2. The van der Waals surface area contributed by atoms with Gasteiger partial charge in [0.05, 0.1) is 5.37 Å². The number of aliphatic carboxylic acids is 1. The molecule has 1 aromatic rings. The largest absolute Gasteiger partial charge is 0.480 e. The number of carbonyl (C=O) groups excluding carboxylic acids is 1. The molecule has 0 aliphatic carbocycles. The third kappa shape index (κ3) is 3.69. The molecule has 1 saturated heterocycles. The molecular weight excluding hydrogens is 288 g/mol. The number of amides is 2. The lowest BCUT2D eigenvalue weighted by Crippen LogP contribution is -2.50. The minimum atomic E-state index is -0.934. The molecule has 0 radical (unpaired) electrons. The number of rotatable bonds is 4. The second kappa shape index (κ2) is 6.85. The molecule has 1 fully saturated rings. The van der Waals surface area contributed by atoms with Crippen LogP contribution in [-0.4, -0.2) is 57.7 Å². The van der Waals surface area contributed by atoms with Crippen molar-refractivity contribution in [3.8, 4) is 0 Å². The Morgan fingerprint density at radius 1 is 1.38 bits per heavy atom. The fourth-order valence-electron chi connectivity index (χ4n) is 2.36. The average molecular weight is 308 g/mol. The Hall–Kier alpha value is -1.69. The van der Waals surface area contributed by atoms with Crippen molar-refractivity contribution in [2.75, 3.05) is 19.3 Å². The zero-order valence-electron chi connectivity index (χ0n) is 12.2. The number of likely N-dealkylation sites (N-methyl/N-ethyl adjacent to an activating group) is 1. The highest BCUT2D eigenvalue weighted by Crippen LogP contribution is 2.29. The lowest BCUT2D eigenvalue weighted by Gasteiger charge is -2.30. The van der Waals surface area contributed by atoms with Crippen molar-refractivity contribution in [1.82, 2.24) is 9.80 Å². The van der Waals surface area contributed by atoms with Crippen molar-refractivity contribution in [3.63, 3.8) is 0 Å². The number of carboxylic acid groups (broad SMARTS) is 1. The lowest BCUT2D eigenvalue weighted by atomic mass is 10.1. The zero-order valence-corrected chi connectivity index (χ0v) is 13.0. The Kier molecular flexibility index (Phi) is 5.12. The van der Waals surface area contributed by atoms with Gasteiger partial charge in [-0.25, -0.2) is 9.59 Å². The third-order valence-electron chi connectivity index (χ3n) is 3.63. The first-order chi connectivity index (χ1) is 10.0. The van der Waals surface area contributed by atoms with Crippen LogP contribution in [-0.2, 0) is 11.2 Å². The molecule has 21 heavy (non-hydrogen) atoms. The van der Waals surface area contributed by atoms with Crippen molar-refractivity contribution in [2.45, 2.75) is 24.8 Å². The van der Waals surface area contributed by atoms with Gasteiger partial charge in [-0.3, -0.25) is 4.90 Å². The smallest absolute Gasteiger partial charge is 0.327 e. The van der Waals surface area contributed by atoms with Gasteiger partial charge >= 0.3 is 12.0 Å². The van der Waals surface area contributed by atoms with E-state index in [2.05, 4.69) is 0 Å². The Bertz CT molecular complexity index is 509. The van der Waals surface area contributed by atoms with Gasteiger partial charge in [0, 0.05) is 19.3 Å². The molecule has 1 heterocycles. The Balaban J connectivity index is 1.96. The summed E-state index contributed by atoms with van der Waals surface area (Å²) >= 11 is 1.50. The molecule has 6 heteroatoms. The van der Waals surface area contributed by atoms with Crippen molar-refractivity contribution in [1.29, 1.82) is 0 Å². The highest BCUT2D eigenvalue weighted by Gasteiger charge is 2.40. The van der Waals surface area contributed by atoms with Crippen LogP contribution >= 0.6 is 11.8 Å². The molecule has 2 atom stereocenters. The Morgan fingerprint density at radius 3 is 2.67 bits per heavy atom. The topological polar surface area (TPSA) is 60.9 Å². The van der Waals surface area contributed by atoms with Gasteiger partial charge in [0.1, 0.15) is 6.04 Å². The molecule has 2 amide bonds. The van der Waals surface area contributed by atoms with E-state index in [1.165, 1.54) is 16.7 Å². The molecule has 1 N–H and O–H groups in total. The maximum absolute atomic E-state index is 12.5. The van der Waals surface area contributed by atoms with Crippen LogP contribution in [0, 0.1) is 0 Å². The van der Waals surface area contributed by atoms with E-state index in [0.29, 0.717) is 12.3 Å². The molecule has 114 valence electrons. The summed E-state index contributed by atoms with van der Waals surface area (Å²) in [7, 11) is 1.72. The highest BCUT2D eigenvalue weighted by molar-refractivity contribution is 8.00. The van der Waals surface area contributed by atoms with Crippen LogP contribution in [0.3, 0.4) is 0 Å². The number of carboxylic acids is 1. The number of carbonyl (C=O) groups is 2. The van der Waals surface area contributed by atoms with E-state index in [9.17, 15) is 14.7 Å². The third-order valence-corrected chi connectivity index (χ3v) is 4.85. The minimum Gasteiger partial charge on any atom is -0.480 e. The number of hydrogen-bond acceptors (Lipinski definition) is 3. The molecule has 0 bridgehead atoms. The summed E-state index contributed by atoms with van der Waals surface area (Å²) in [4.78, 5) is 26.8. The number of urea groups is 1. The van der Waals surface area contributed by atoms with Crippen LogP contribution in [0.2, 0.25) is 0 Å². The van der Waals surface area contributed by atoms with Gasteiger partial charge in [-0.05, 0) is 18.9 Å². The van der Waals surface area contributed by atoms with Crippen LogP contribution in [0.1, 0.15) is 12.5 Å². The summed E-state index contributed by atoms with van der Waals surface area (Å²) in [6, 6.07) is 9.00. The van der Waals surface area contributed by atoms with Crippen LogP contribution in [0.4, 0.5) is 4.79 Å². The summed E-state index contributed by atoms with van der Waals surface area (Å²) in [5.74, 6) is -0.481. The standard InChI is InChI=1S/C15H20N2O3S/c1-11-17(13(10-21-11)14(18)19)15(20)16(2)9-8-12-6-4-3-5-7-12/h3-7,11,13H,8-10H2,1-2H3,(H,18,19). The molecule has 0 aromatic heterocycles. The monoisotopic (exact) mass is 308 g/mol. The van der Waals surface area contributed by atoms with Crippen LogP contribution < -0.4 is 0 Å². The van der Waals surface area contributed by atoms with Crippen molar-refractivity contribution >= 4 is 23.8 Å². The van der Waals surface area contributed by atoms with E-state index >= 15 is 0 Å². The van der Waals surface area contributed by atoms with Gasteiger partial charge in [0.2, 0.25) is 0 Å². The SMILES string of the molecule is CC1SCC(C(=O)O)N1C(=O)N(C)CCc1ccccc1. The first kappa shape index (κ1) is 15.7. The molecule has 1 aliphatic heterocycles. The summed E-state index contributed by atoms with van der Waals surface area (Å²) in [6.45, 7) is 2.44. The molecular formula is C15H20N2O3S. The summed E-state index contributed by atoms with van der Waals surface area (Å²) in [5, 5.41) is 9.11. The van der Waals surface area contributed by atoms with E-state index in [4.69, 9.17) is 0 Å². The molecule has 2 rings (SSSR count). The van der Waals surface area contributed by atoms with Gasteiger partial charge in [-0.2, -0.15) is 0 Å². The van der Waals surface area contributed by atoms with E-state index in [1.807, 2.05) is 37.3 Å². The van der Waals surface area contributed by atoms with Gasteiger partial charge in [-0.15, -0.1) is 11.8 Å². The fraction of sp³-hybridized carbons (Fsp3) is 0.467. The molecule has 0 spiro atoms. The van der Waals surface area contributed by atoms with E-state index in [0.717, 1.165) is 12.0 Å². The number of nitrogens with zero attached hydrogens (tertiary/aromatic N) is 2. The van der Waals surface area contributed by atoms with Crippen molar-refractivity contribution in [3.05, 3.63) is 35.9 Å².